The van der Waals surface area contributed by atoms with Crippen molar-refractivity contribution in [3.8, 4) is 5.75 Å². The van der Waals surface area contributed by atoms with Crippen molar-refractivity contribution in [2.75, 3.05) is 33.9 Å². The monoisotopic (exact) mass is 307 g/mol. The Balaban J connectivity index is 2.18. The highest BCUT2D eigenvalue weighted by Crippen LogP contribution is 2.11. The summed E-state index contributed by atoms with van der Waals surface area (Å²) in [5.74, 6) is 1.69. The van der Waals surface area contributed by atoms with Gasteiger partial charge in [-0.15, -0.1) is 0 Å². The summed E-state index contributed by atoms with van der Waals surface area (Å²) in [6, 6.07) is 8.10. The number of nitrogens with one attached hydrogen (secondary N) is 2. The predicted molar refractivity (Wildman–Crippen MR) is 91.7 cm³/mol. The Hall–Kier alpha value is -1.75. The molecule has 0 atom stereocenters. The molecule has 0 spiro atoms. The zero-order chi connectivity index (χ0) is 16.4. The second-order valence-corrected chi connectivity index (χ2v) is 5.83. The molecule has 5 heteroatoms. The summed E-state index contributed by atoms with van der Waals surface area (Å²) in [5, 5.41) is 6.51. The Morgan fingerprint density at radius 3 is 2.45 bits per heavy atom. The lowest BCUT2D eigenvalue weighted by Crippen LogP contribution is -2.45. The zero-order valence-corrected chi connectivity index (χ0v) is 14.4. The second kappa shape index (κ2) is 9.30. The highest BCUT2D eigenvalue weighted by Gasteiger charge is 2.16. The third-order valence-corrected chi connectivity index (χ3v) is 3.36. The Bertz CT molecular complexity index is 455. The van der Waals surface area contributed by atoms with E-state index in [2.05, 4.69) is 34.7 Å². The van der Waals surface area contributed by atoms with Gasteiger partial charge in [-0.2, -0.15) is 0 Å². The number of guanidine groups is 1. The number of aryl methyl sites for hydroxylation is 1. The van der Waals surface area contributed by atoms with Crippen molar-refractivity contribution < 1.29 is 9.47 Å². The van der Waals surface area contributed by atoms with Gasteiger partial charge in [0, 0.05) is 27.2 Å². The van der Waals surface area contributed by atoms with Crippen LogP contribution < -0.4 is 15.4 Å². The fraction of sp³-hybridized carbons (Fsp3) is 0.588. The third kappa shape index (κ3) is 7.31. The van der Waals surface area contributed by atoms with Gasteiger partial charge in [0.1, 0.15) is 5.75 Å². The highest BCUT2D eigenvalue weighted by molar-refractivity contribution is 5.79. The number of methoxy groups -OCH3 is 1. The fourth-order valence-corrected chi connectivity index (χ4v) is 1.69. The van der Waals surface area contributed by atoms with Crippen molar-refractivity contribution in [3.63, 3.8) is 0 Å². The van der Waals surface area contributed by atoms with Crippen LogP contribution in [0.15, 0.2) is 29.3 Å². The van der Waals surface area contributed by atoms with Crippen LogP contribution in [0.4, 0.5) is 0 Å². The topological polar surface area (TPSA) is 54.9 Å². The molecular formula is C17H29N3O2. The average molecular weight is 307 g/mol. The maximum Gasteiger partial charge on any atom is 0.191 e. The Kier molecular flexibility index (Phi) is 7.74. The first-order valence-electron chi connectivity index (χ1n) is 7.66. The molecule has 0 aromatic heterocycles. The molecule has 0 saturated carbocycles. The molecule has 22 heavy (non-hydrogen) atoms. The third-order valence-electron chi connectivity index (χ3n) is 3.36. The molecular weight excluding hydrogens is 278 g/mol. The van der Waals surface area contributed by atoms with Crippen LogP contribution >= 0.6 is 0 Å². The maximum atomic E-state index is 5.69. The quantitative estimate of drug-likeness (QED) is 0.440. The van der Waals surface area contributed by atoms with Gasteiger partial charge < -0.3 is 20.1 Å². The van der Waals surface area contributed by atoms with Crippen molar-refractivity contribution in [1.82, 2.24) is 10.6 Å². The molecule has 1 aromatic rings. The SMILES string of the molecule is CN=C(NCCCOc1ccc(C)cc1)NCC(C)(C)OC. The van der Waals surface area contributed by atoms with Gasteiger partial charge in [-0.1, -0.05) is 17.7 Å². The van der Waals surface area contributed by atoms with E-state index >= 15 is 0 Å². The Morgan fingerprint density at radius 1 is 1.18 bits per heavy atom. The molecule has 2 N–H and O–H groups in total. The van der Waals surface area contributed by atoms with E-state index in [4.69, 9.17) is 9.47 Å². The fourth-order valence-electron chi connectivity index (χ4n) is 1.69. The summed E-state index contributed by atoms with van der Waals surface area (Å²) in [7, 11) is 3.47. The minimum Gasteiger partial charge on any atom is -0.494 e. The van der Waals surface area contributed by atoms with Crippen LogP contribution in [0.25, 0.3) is 0 Å². The first-order chi connectivity index (χ1) is 10.5. The minimum absolute atomic E-state index is 0.216. The lowest BCUT2D eigenvalue weighted by Gasteiger charge is -2.24. The second-order valence-electron chi connectivity index (χ2n) is 5.83. The number of hydrogen-bond donors (Lipinski definition) is 2. The summed E-state index contributed by atoms with van der Waals surface area (Å²) in [5.41, 5.74) is 1.02. The minimum atomic E-state index is -0.216. The number of ether oxygens (including phenoxy) is 2. The molecule has 0 saturated heterocycles. The molecule has 0 heterocycles. The molecule has 5 nitrogen and oxygen atoms in total. The first-order valence-corrected chi connectivity index (χ1v) is 7.66. The van der Waals surface area contributed by atoms with Crippen LogP contribution in [0.2, 0.25) is 0 Å². The van der Waals surface area contributed by atoms with Crippen LogP contribution in [0.5, 0.6) is 5.75 Å². The smallest absolute Gasteiger partial charge is 0.191 e. The Morgan fingerprint density at radius 2 is 1.86 bits per heavy atom. The van der Waals surface area contributed by atoms with E-state index in [0.29, 0.717) is 13.2 Å². The summed E-state index contributed by atoms with van der Waals surface area (Å²) >= 11 is 0. The molecule has 0 radical (unpaired) electrons. The number of rotatable bonds is 8. The van der Waals surface area contributed by atoms with Gasteiger partial charge in [0.2, 0.25) is 0 Å². The van der Waals surface area contributed by atoms with E-state index in [1.54, 1.807) is 14.2 Å². The van der Waals surface area contributed by atoms with Gasteiger partial charge in [0.05, 0.1) is 12.2 Å². The van der Waals surface area contributed by atoms with Crippen molar-refractivity contribution in [2.45, 2.75) is 32.8 Å². The van der Waals surface area contributed by atoms with E-state index in [1.807, 2.05) is 26.0 Å². The van der Waals surface area contributed by atoms with E-state index < -0.39 is 0 Å². The normalized spacial score (nSPS) is 12.1. The molecule has 1 aromatic carbocycles. The van der Waals surface area contributed by atoms with Crippen molar-refractivity contribution in [1.29, 1.82) is 0 Å². The highest BCUT2D eigenvalue weighted by atomic mass is 16.5. The predicted octanol–water partition coefficient (Wildman–Crippen LogP) is 2.35. The van der Waals surface area contributed by atoms with Crippen molar-refractivity contribution in [2.24, 2.45) is 4.99 Å². The summed E-state index contributed by atoms with van der Waals surface area (Å²) in [4.78, 5) is 4.19. The molecule has 0 aliphatic carbocycles. The first kappa shape index (κ1) is 18.3. The standard InChI is InChI=1S/C17H29N3O2/c1-14-7-9-15(10-8-14)22-12-6-11-19-16(18-4)20-13-17(2,3)21-5/h7-10H,6,11-13H2,1-5H3,(H2,18,19,20). The number of benzene rings is 1. The number of hydrogen-bond acceptors (Lipinski definition) is 3. The number of nitrogens with zero attached hydrogens (tertiary/aromatic N) is 1. The maximum absolute atomic E-state index is 5.69. The Labute approximate surface area is 134 Å². The van der Waals surface area contributed by atoms with Gasteiger partial charge >= 0.3 is 0 Å². The van der Waals surface area contributed by atoms with Crippen LogP contribution in [-0.4, -0.2) is 45.4 Å². The summed E-state index contributed by atoms with van der Waals surface area (Å²) in [6.45, 7) is 8.31. The molecule has 1 rings (SSSR count). The molecule has 0 bridgehead atoms. The van der Waals surface area contributed by atoms with Crippen molar-refractivity contribution >= 4 is 5.96 Å². The van der Waals surface area contributed by atoms with Gasteiger partial charge in [-0.25, -0.2) is 0 Å². The number of aliphatic imine (C=N–C) groups is 1. The molecule has 0 unspecified atom stereocenters. The lowest BCUT2D eigenvalue weighted by atomic mass is 10.1. The van der Waals surface area contributed by atoms with E-state index in [0.717, 1.165) is 24.7 Å². The van der Waals surface area contributed by atoms with Crippen LogP contribution in [-0.2, 0) is 4.74 Å². The van der Waals surface area contributed by atoms with Crippen molar-refractivity contribution in [3.05, 3.63) is 29.8 Å². The zero-order valence-electron chi connectivity index (χ0n) is 14.4. The van der Waals surface area contributed by atoms with Gasteiger partial charge in [0.15, 0.2) is 5.96 Å². The van der Waals surface area contributed by atoms with Gasteiger partial charge in [-0.3, -0.25) is 4.99 Å². The molecule has 0 aliphatic heterocycles. The average Bonchev–Trinajstić information content (AvgIpc) is 2.51. The van der Waals surface area contributed by atoms with E-state index in [9.17, 15) is 0 Å². The lowest BCUT2D eigenvalue weighted by molar-refractivity contribution is 0.0268. The van der Waals surface area contributed by atoms with Crippen LogP contribution in [0.1, 0.15) is 25.8 Å². The summed E-state index contributed by atoms with van der Waals surface area (Å²) < 4.78 is 11.1. The largest absolute Gasteiger partial charge is 0.494 e. The molecule has 124 valence electrons. The van der Waals surface area contributed by atoms with Gasteiger partial charge in [-0.05, 0) is 39.3 Å². The van der Waals surface area contributed by atoms with Gasteiger partial charge in [0.25, 0.3) is 0 Å². The van der Waals surface area contributed by atoms with Crippen LogP contribution in [0, 0.1) is 6.92 Å². The summed E-state index contributed by atoms with van der Waals surface area (Å²) in [6.07, 6.45) is 0.905. The molecule has 0 aliphatic rings. The molecule has 0 amide bonds. The van der Waals surface area contributed by atoms with E-state index in [1.165, 1.54) is 5.56 Å². The van der Waals surface area contributed by atoms with E-state index in [-0.39, 0.29) is 5.60 Å². The van der Waals surface area contributed by atoms with Crippen LogP contribution in [0.3, 0.4) is 0 Å². The molecule has 0 fully saturated rings.